The topological polar surface area (TPSA) is 66.0 Å². The Morgan fingerprint density at radius 3 is 3.23 bits per heavy atom. The standard InChI is InChI=1S/C9H7N2O2/c12-9(13)4-6-1-2-7-8(3-6)11-5-10-7/h1-3H,4H2,(H,10,11)(H,12,13). The molecule has 0 aliphatic rings. The first kappa shape index (κ1) is 7.79. The van der Waals surface area contributed by atoms with Crippen molar-refractivity contribution in [1.29, 1.82) is 0 Å². The monoisotopic (exact) mass is 175 g/mol. The molecule has 1 radical (unpaired) electrons. The van der Waals surface area contributed by atoms with E-state index in [2.05, 4.69) is 16.3 Å². The Morgan fingerprint density at radius 1 is 1.62 bits per heavy atom. The Kier molecular flexibility index (Phi) is 1.73. The summed E-state index contributed by atoms with van der Waals surface area (Å²) in [6.45, 7) is 0. The van der Waals surface area contributed by atoms with Crippen molar-refractivity contribution in [2.24, 2.45) is 0 Å². The highest BCUT2D eigenvalue weighted by molar-refractivity contribution is 5.77. The normalized spacial score (nSPS) is 10.5. The average Bonchev–Trinajstić information content (AvgIpc) is 2.49. The zero-order valence-electron chi connectivity index (χ0n) is 6.74. The summed E-state index contributed by atoms with van der Waals surface area (Å²) in [5.41, 5.74) is 2.37. The molecule has 0 saturated carbocycles. The molecule has 2 N–H and O–H groups in total. The summed E-state index contributed by atoms with van der Waals surface area (Å²) in [6, 6.07) is 5.32. The number of rotatable bonds is 2. The van der Waals surface area contributed by atoms with Crippen LogP contribution in [0.2, 0.25) is 0 Å². The molecule has 0 fully saturated rings. The van der Waals surface area contributed by atoms with E-state index in [0.29, 0.717) is 0 Å². The molecule has 13 heavy (non-hydrogen) atoms. The predicted molar refractivity (Wildman–Crippen MR) is 46.3 cm³/mol. The van der Waals surface area contributed by atoms with E-state index in [0.717, 1.165) is 16.6 Å². The fourth-order valence-corrected chi connectivity index (χ4v) is 1.21. The molecule has 0 amide bonds. The van der Waals surface area contributed by atoms with E-state index in [1.54, 1.807) is 18.2 Å². The number of carboxylic acids is 1. The van der Waals surface area contributed by atoms with E-state index < -0.39 is 5.97 Å². The molecule has 0 aliphatic heterocycles. The first-order valence-electron chi connectivity index (χ1n) is 3.82. The van der Waals surface area contributed by atoms with Crippen LogP contribution in [0.1, 0.15) is 5.56 Å². The van der Waals surface area contributed by atoms with E-state index >= 15 is 0 Å². The highest BCUT2D eigenvalue weighted by Gasteiger charge is 2.02. The number of aliphatic carboxylic acids is 1. The lowest BCUT2D eigenvalue weighted by Crippen LogP contribution is -1.99. The van der Waals surface area contributed by atoms with Crippen LogP contribution >= 0.6 is 0 Å². The van der Waals surface area contributed by atoms with Gasteiger partial charge in [-0.05, 0) is 17.7 Å². The van der Waals surface area contributed by atoms with E-state index in [-0.39, 0.29) is 6.42 Å². The number of imidazole rings is 1. The Bertz CT molecular complexity index is 448. The minimum atomic E-state index is -0.834. The number of nitrogens with zero attached hydrogens (tertiary/aromatic N) is 1. The van der Waals surface area contributed by atoms with E-state index in [1.807, 2.05) is 0 Å². The number of nitrogens with one attached hydrogen (secondary N) is 1. The van der Waals surface area contributed by atoms with Crippen molar-refractivity contribution in [3.05, 3.63) is 30.1 Å². The minimum Gasteiger partial charge on any atom is -0.481 e. The highest BCUT2D eigenvalue weighted by atomic mass is 16.4. The van der Waals surface area contributed by atoms with Crippen molar-refractivity contribution in [3.63, 3.8) is 0 Å². The van der Waals surface area contributed by atoms with Gasteiger partial charge in [-0.25, -0.2) is 4.98 Å². The molecule has 4 heteroatoms. The van der Waals surface area contributed by atoms with Crippen LogP contribution in [-0.2, 0) is 11.2 Å². The summed E-state index contributed by atoms with van der Waals surface area (Å²) in [5, 5.41) is 8.55. The van der Waals surface area contributed by atoms with Gasteiger partial charge in [0.05, 0.1) is 17.5 Å². The van der Waals surface area contributed by atoms with Crippen molar-refractivity contribution in [2.75, 3.05) is 0 Å². The number of H-pyrrole nitrogens is 1. The Hall–Kier alpha value is -1.84. The van der Waals surface area contributed by atoms with Crippen LogP contribution in [0.4, 0.5) is 0 Å². The fraction of sp³-hybridized carbons (Fsp3) is 0.111. The molecule has 0 saturated heterocycles. The van der Waals surface area contributed by atoms with Gasteiger partial charge < -0.3 is 10.1 Å². The Labute approximate surface area is 74.2 Å². The van der Waals surface area contributed by atoms with Crippen LogP contribution in [0.25, 0.3) is 11.0 Å². The fourth-order valence-electron chi connectivity index (χ4n) is 1.21. The number of aromatic amines is 1. The van der Waals surface area contributed by atoms with E-state index in [4.69, 9.17) is 5.11 Å². The van der Waals surface area contributed by atoms with Gasteiger partial charge in [-0.2, -0.15) is 0 Å². The second-order valence-electron chi connectivity index (χ2n) is 2.77. The molecule has 0 bridgehead atoms. The van der Waals surface area contributed by atoms with Crippen molar-refractivity contribution in [3.8, 4) is 0 Å². The van der Waals surface area contributed by atoms with Gasteiger partial charge in [-0.3, -0.25) is 4.79 Å². The summed E-state index contributed by atoms with van der Waals surface area (Å²) in [5.74, 6) is -0.834. The lowest BCUT2D eigenvalue weighted by molar-refractivity contribution is -0.136. The van der Waals surface area contributed by atoms with Crippen molar-refractivity contribution in [1.82, 2.24) is 9.97 Å². The van der Waals surface area contributed by atoms with Gasteiger partial charge in [0.1, 0.15) is 0 Å². The van der Waals surface area contributed by atoms with Crippen LogP contribution in [0.3, 0.4) is 0 Å². The lowest BCUT2D eigenvalue weighted by Gasteiger charge is -1.95. The summed E-state index contributed by atoms with van der Waals surface area (Å²) >= 11 is 0. The number of hydrogen-bond donors (Lipinski definition) is 2. The van der Waals surface area contributed by atoms with Crippen LogP contribution in [0, 0.1) is 6.33 Å². The molecule has 65 valence electrons. The third-order valence-electron chi connectivity index (χ3n) is 1.78. The number of benzene rings is 1. The molecule has 1 aromatic heterocycles. The molecule has 2 aromatic rings. The van der Waals surface area contributed by atoms with Gasteiger partial charge in [0.25, 0.3) is 0 Å². The maximum absolute atomic E-state index is 10.4. The quantitative estimate of drug-likeness (QED) is 0.715. The Balaban J connectivity index is 2.42. The summed E-state index contributed by atoms with van der Waals surface area (Å²) in [4.78, 5) is 17.1. The lowest BCUT2D eigenvalue weighted by atomic mass is 10.1. The van der Waals surface area contributed by atoms with Crippen LogP contribution in [0.5, 0.6) is 0 Å². The highest BCUT2D eigenvalue weighted by Crippen LogP contribution is 2.11. The van der Waals surface area contributed by atoms with E-state index in [9.17, 15) is 4.79 Å². The largest absolute Gasteiger partial charge is 0.481 e. The SMILES string of the molecule is O=C(O)Cc1ccc2[nH][c]nc2c1. The van der Waals surface area contributed by atoms with Crippen molar-refractivity contribution >= 4 is 17.0 Å². The molecule has 1 aromatic carbocycles. The average molecular weight is 175 g/mol. The predicted octanol–water partition coefficient (Wildman–Crippen LogP) is 0.990. The second-order valence-corrected chi connectivity index (χ2v) is 2.77. The zero-order chi connectivity index (χ0) is 9.26. The number of carbonyl (C=O) groups is 1. The molecule has 2 rings (SSSR count). The van der Waals surface area contributed by atoms with Crippen LogP contribution < -0.4 is 0 Å². The maximum Gasteiger partial charge on any atom is 0.307 e. The van der Waals surface area contributed by atoms with Gasteiger partial charge in [-0.15, -0.1) is 0 Å². The summed E-state index contributed by atoms with van der Waals surface area (Å²) in [6.07, 6.45) is 2.63. The third-order valence-corrected chi connectivity index (χ3v) is 1.78. The van der Waals surface area contributed by atoms with E-state index in [1.165, 1.54) is 0 Å². The number of aromatic nitrogens is 2. The number of hydrogen-bond acceptors (Lipinski definition) is 2. The van der Waals surface area contributed by atoms with Gasteiger partial charge in [-0.1, -0.05) is 6.07 Å². The maximum atomic E-state index is 10.4. The minimum absolute atomic E-state index is 0.0306. The molecule has 0 spiro atoms. The van der Waals surface area contributed by atoms with Crippen LogP contribution in [-0.4, -0.2) is 21.0 Å². The number of fused-ring (bicyclic) bond motifs is 1. The molecule has 0 unspecified atom stereocenters. The molecule has 4 nitrogen and oxygen atoms in total. The third kappa shape index (κ3) is 1.51. The van der Waals surface area contributed by atoms with Gasteiger partial charge >= 0.3 is 5.97 Å². The summed E-state index contributed by atoms with van der Waals surface area (Å²) in [7, 11) is 0. The van der Waals surface area contributed by atoms with Gasteiger partial charge in [0.2, 0.25) is 0 Å². The Morgan fingerprint density at radius 2 is 2.46 bits per heavy atom. The molecular weight excluding hydrogens is 168 g/mol. The smallest absolute Gasteiger partial charge is 0.307 e. The van der Waals surface area contributed by atoms with Gasteiger partial charge in [0.15, 0.2) is 6.33 Å². The summed E-state index contributed by atoms with van der Waals surface area (Å²) < 4.78 is 0. The van der Waals surface area contributed by atoms with Crippen molar-refractivity contribution in [2.45, 2.75) is 6.42 Å². The molecule has 0 atom stereocenters. The molecular formula is C9H7N2O2. The molecule has 1 heterocycles. The second kappa shape index (κ2) is 2.90. The molecule has 0 aliphatic carbocycles. The van der Waals surface area contributed by atoms with Crippen molar-refractivity contribution < 1.29 is 9.90 Å². The van der Waals surface area contributed by atoms with Gasteiger partial charge in [0, 0.05) is 0 Å². The zero-order valence-corrected chi connectivity index (χ0v) is 6.74. The first-order valence-corrected chi connectivity index (χ1v) is 3.82. The van der Waals surface area contributed by atoms with Crippen LogP contribution in [0.15, 0.2) is 18.2 Å². The number of carboxylic acid groups (broad SMARTS) is 1. The first-order chi connectivity index (χ1) is 6.25.